The van der Waals surface area contributed by atoms with Crippen LogP contribution in [0, 0.1) is 0 Å². The van der Waals surface area contributed by atoms with Crippen molar-refractivity contribution in [1.82, 2.24) is 4.90 Å². The second-order valence-electron chi connectivity index (χ2n) is 7.26. The van der Waals surface area contributed by atoms with E-state index in [1.54, 1.807) is 24.0 Å². The molecule has 3 rings (SSSR count). The van der Waals surface area contributed by atoms with Gasteiger partial charge in [-0.15, -0.1) is 11.8 Å². The molecule has 2 aliphatic heterocycles. The highest BCUT2D eigenvalue weighted by Gasteiger charge is 2.30. The van der Waals surface area contributed by atoms with Crippen LogP contribution in [0.1, 0.15) is 46.0 Å². The molecule has 0 aliphatic carbocycles. The Morgan fingerprint density at radius 2 is 1.93 bits per heavy atom. The van der Waals surface area contributed by atoms with Gasteiger partial charge in [-0.05, 0) is 44.9 Å². The van der Waals surface area contributed by atoms with E-state index in [0.717, 1.165) is 30.6 Å². The third-order valence-corrected chi connectivity index (χ3v) is 8.48. The van der Waals surface area contributed by atoms with Crippen molar-refractivity contribution in [2.75, 3.05) is 18.4 Å². The highest BCUT2D eigenvalue weighted by atomic mass is 32.2. The average molecular weight is 411 g/mol. The van der Waals surface area contributed by atoms with Gasteiger partial charge in [0.1, 0.15) is 0 Å². The van der Waals surface area contributed by atoms with E-state index in [2.05, 4.69) is 5.32 Å². The Bertz CT molecular complexity index is 830. The molecule has 0 aromatic heterocycles. The largest absolute Gasteiger partial charge is 0.343 e. The molecule has 0 saturated carbocycles. The Hall–Kier alpha value is -1.54. The molecule has 2 aliphatic rings. The molecule has 148 valence electrons. The number of rotatable bonds is 4. The number of amides is 2. The first kappa shape index (κ1) is 20.2. The van der Waals surface area contributed by atoms with Gasteiger partial charge in [0.25, 0.3) is 0 Å². The molecular formula is C19H26N2O4S2. The van der Waals surface area contributed by atoms with Crippen molar-refractivity contribution in [3.63, 3.8) is 0 Å². The fourth-order valence-electron chi connectivity index (χ4n) is 3.40. The van der Waals surface area contributed by atoms with E-state index < -0.39 is 15.1 Å². The summed E-state index contributed by atoms with van der Waals surface area (Å²) in [5, 5.41) is 1.75. The lowest BCUT2D eigenvalue weighted by atomic mass is 10.2. The van der Waals surface area contributed by atoms with Crippen molar-refractivity contribution in [1.29, 1.82) is 0 Å². The standard InChI is InChI=1S/C19H26N2O4S2/c1-13(11-18(22)21-9-5-3-4-6-10-21)27(24,25)15-7-8-17-16(12-15)20-19(23)14(2)26-17/h7-8,12-14H,3-6,9-11H2,1-2H3,(H,20,23)/t13-,14+/m0/s1. The maximum absolute atomic E-state index is 13.0. The highest BCUT2D eigenvalue weighted by molar-refractivity contribution is 8.01. The average Bonchev–Trinajstić information content (AvgIpc) is 2.91. The first-order valence-corrected chi connectivity index (χ1v) is 11.8. The number of hydrogen-bond acceptors (Lipinski definition) is 5. The number of nitrogens with zero attached hydrogens (tertiary/aromatic N) is 1. The number of carbonyl (C=O) groups excluding carboxylic acids is 2. The molecule has 2 atom stereocenters. The molecule has 2 amide bonds. The fraction of sp³-hybridized carbons (Fsp3) is 0.579. The second-order valence-corrected chi connectivity index (χ2v) is 11.0. The number of fused-ring (bicyclic) bond motifs is 1. The lowest BCUT2D eigenvalue weighted by molar-refractivity contribution is -0.131. The molecule has 2 heterocycles. The number of benzene rings is 1. The number of likely N-dealkylation sites (tertiary alicyclic amines) is 1. The quantitative estimate of drug-likeness (QED) is 0.825. The van der Waals surface area contributed by atoms with Gasteiger partial charge in [-0.1, -0.05) is 12.8 Å². The molecule has 0 spiro atoms. The van der Waals surface area contributed by atoms with E-state index >= 15 is 0 Å². The monoisotopic (exact) mass is 410 g/mol. The van der Waals surface area contributed by atoms with Gasteiger partial charge in [0.15, 0.2) is 9.84 Å². The van der Waals surface area contributed by atoms with E-state index in [4.69, 9.17) is 0 Å². The SMILES string of the molecule is C[C@H]1Sc2ccc(S(=O)(=O)[C@@H](C)CC(=O)N3CCCCCC3)cc2NC1=O. The summed E-state index contributed by atoms with van der Waals surface area (Å²) in [7, 11) is -3.65. The number of anilines is 1. The summed E-state index contributed by atoms with van der Waals surface area (Å²) >= 11 is 1.41. The van der Waals surface area contributed by atoms with E-state index in [9.17, 15) is 18.0 Å². The Balaban J connectivity index is 1.74. The molecule has 0 unspecified atom stereocenters. The Morgan fingerprint density at radius 3 is 2.59 bits per heavy atom. The Morgan fingerprint density at radius 1 is 1.26 bits per heavy atom. The topological polar surface area (TPSA) is 83.6 Å². The number of carbonyl (C=O) groups is 2. The number of nitrogens with one attached hydrogen (secondary N) is 1. The van der Waals surface area contributed by atoms with Gasteiger partial charge in [0.05, 0.1) is 21.1 Å². The lowest BCUT2D eigenvalue weighted by Crippen LogP contribution is -2.35. The lowest BCUT2D eigenvalue weighted by Gasteiger charge is -2.24. The normalized spacial score (nSPS) is 21.8. The Kier molecular flexibility index (Phi) is 6.15. The van der Waals surface area contributed by atoms with Crippen LogP contribution in [-0.2, 0) is 19.4 Å². The molecule has 27 heavy (non-hydrogen) atoms. The van der Waals surface area contributed by atoms with Gasteiger partial charge in [0, 0.05) is 24.4 Å². The van der Waals surface area contributed by atoms with Crippen LogP contribution in [0.15, 0.2) is 28.0 Å². The van der Waals surface area contributed by atoms with E-state index in [0.29, 0.717) is 18.8 Å². The number of hydrogen-bond donors (Lipinski definition) is 1. The van der Waals surface area contributed by atoms with Gasteiger partial charge in [-0.25, -0.2) is 8.42 Å². The molecule has 1 N–H and O–H groups in total. The predicted octanol–water partition coefficient (Wildman–Crippen LogP) is 3.07. The maximum atomic E-state index is 13.0. The smallest absolute Gasteiger partial charge is 0.237 e. The van der Waals surface area contributed by atoms with Crippen LogP contribution in [-0.4, -0.2) is 48.7 Å². The number of thioether (sulfide) groups is 1. The molecule has 1 fully saturated rings. The van der Waals surface area contributed by atoms with Crippen molar-refractivity contribution < 1.29 is 18.0 Å². The van der Waals surface area contributed by atoms with Crippen LogP contribution in [0.5, 0.6) is 0 Å². The van der Waals surface area contributed by atoms with Gasteiger partial charge in [0.2, 0.25) is 11.8 Å². The van der Waals surface area contributed by atoms with Crippen LogP contribution in [0.25, 0.3) is 0 Å². The molecule has 6 nitrogen and oxygen atoms in total. The van der Waals surface area contributed by atoms with Crippen LogP contribution in [0.2, 0.25) is 0 Å². The maximum Gasteiger partial charge on any atom is 0.237 e. The molecule has 1 saturated heterocycles. The third-order valence-electron chi connectivity index (χ3n) is 5.16. The van der Waals surface area contributed by atoms with Gasteiger partial charge in [-0.2, -0.15) is 0 Å². The zero-order valence-corrected chi connectivity index (χ0v) is 17.4. The van der Waals surface area contributed by atoms with Crippen molar-refractivity contribution in [3.8, 4) is 0 Å². The van der Waals surface area contributed by atoms with Gasteiger partial charge >= 0.3 is 0 Å². The molecule has 1 aromatic carbocycles. The summed E-state index contributed by atoms with van der Waals surface area (Å²) in [5.74, 6) is -0.227. The predicted molar refractivity (Wildman–Crippen MR) is 107 cm³/mol. The van der Waals surface area contributed by atoms with Crippen LogP contribution in [0.4, 0.5) is 5.69 Å². The fourth-order valence-corrected chi connectivity index (χ4v) is 5.70. The van der Waals surface area contributed by atoms with Crippen LogP contribution < -0.4 is 5.32 Å². The summed E-state index contributed by atoms with van der Waals surface area (Å²) in [5.41, 5.74) is 0.523. The summed E-state index contributed by atoms with van der Waals surface area (Å²) < 4.78 is 25.9. The molecule has 0 bridgehead atoms. The zero-order valence-electron chi connectivity index (χ0n) is 15.7. The highest BCUT2D eigenvalue weighted by Crippen LogP contribution is 2.37. The summed E-state index contributed by atoms with van der Waals surface area (Å²) in [6.45, 7) is 4.82. The van der Waals surface area contributed by atoms with Crippen molar-refractivity contribution in [2.24, 2.45) is 0 Å². The van der Waals surface area contributed by atoms with Crippen LogP contribution >= 0.6 is 11.8 Å². The minimum Gasteiger partial charge on any atom is -0.343 e. The van der Waals surface area contributed by atoms with Crippen LogP contribution in [0.3, 0.4) is 0 Å². The summed E-state index contributed by atoms with van der Waals surface area (Å²) in [6, 6.07) is 4.80. The van der Waals surface area contributed by atoms with Gasteiger partial charge < -0.3 is 10.2 Å². The van der Waals surface area contributed by atoms with E-state index in [-0.39, 0.29) is 28.4 Å². The zero-order chi connectivity index (χ0) is 19.6. The summed E-state index contributed by atoms with van der Waals surface area (Å²) in [4.78, 5) is 27.2. The molecule has 8 heteroatoms. The molecule has 1 aromatic rings. The first-order chi connectivity index (χ1) is 12.8. The second kappa shape index (κ2) is 8.22. The minimum atomic E-state index is -3.65. The first-order valence-electron chi connectivity index (χ1n) is 9.42. The van der Waals surface area contributed by atoms with Crippen molar-refractivity contribution in [2.45, 2.75) is 66.2 Å². The van der Waals surface area contributed by atoms with E-state index in [1.165, 1.54) is 17.8 Å². The van der Waals surface area contributed by atoms with Crippen molar-refractivity contribution in [3.05, 3.63) is 18.2 Å². The number of sulfone groups is 1. The summed E-state index contributed by atoms with van der Waals surface area (Å²) in [6.07, 6.45) is 4.18. The van der Waals surface area contributed by atoms with E-state index in [1.807, 2.05) is 6.92 Å². The Labute approximate surface area is 165 Å². The minimum absolute atomic E-state index is 0.0163. The van der Waals surface area contributed by atoms with Crippen molar-refractivity contribution >= 4 is 39.1 Å². The molecule has 0 radical (unpaired) electrons. The third kappa shape index (κ3) is 4.48. The molecular weight excluding hydrogens is 384 g/mol. The van der Waals surface area contributed by atoms with Gasteiger partial charge in [-0.3, -0.25) is 9.59 Å².